The van der Waals surface area contributed by atoms with Crippen LogP contribution in [0.2, 0.25) is 0 Å². The van der Waals surface area contributed by atoms with Crippen LogP contribution in [-0.2, 0) is 53.0 Å². The molecule has 3 aromatic carbocycles. The van der Waals surface area contributed by atoms with Gasteiger partial charge in [0.25, 0.3) is 0 Å². The van der Waals surface area contributed by atoms with Gasteiger partial charge in [-0.1, -0.05) is 146 Å². The highest BCUT2D eigenvalue weighted by Crippen LogP contribution is 2.15. The van der Waals surface area contributed by atoms with Crippen LogP contribution in [0.5, 0.6) is 0 Å². The number of benzene rings is 3. The number of amides is 5. The van der Waals surface area contributed by atoms with E-state index in [0.29, 0.717) is 19.4 Å². The largest absolute Gasteiger partial charge is 0.459 e. The molecular formula is C48H67N5O8. The van der Waals surface area contributed by atoms with Crippen LogP contribution in [0.15, 0.2) is 91.0 Å². The smallest absolute Gasteiger partial charge is 0.329 e. The summed E-state index contributed by atoms with van der Waals surface area (Å²) in [6.07, 6.45) is -0.199. The molecule has 0 unspecified atom stereocenters. The average molecular weight is 842 g/mol. The van der Waals surface area contributed by atoms with Crippen LogP contribution in [0.25, 0.3) is 0 Å². The Morgan fingerprint density at radius 3 is 1.69 bits per heavy atom. The van der Waals surface area contributed by atoms with E-state index >= 15 is 0 Å². The number of ether oxygens (including phenoxy) is 1. The van der Waals surface area contributed by atoms with Crippen LogP contribution in [-0.4, -0.2) is 77.4 Å². The molecule has 5 amide bonds. The molecule has 13 nitrogen and oxygen atoms in total. The molecule has 0 aromatic heterocycles. The van der Waals surface area contributed by atoms with Gasteiger partial charge in [0.1, 0.15) is 24.7 Å². The lowest BCUT2D eigenvalue weighted by Crippen LogP contribution is -2.57. The first-order valence-corrected chi connectivity index (χ1v) is 21.5. The number of aliphatic hydroxyl groups excluding tert-OH is 1. The van der Waals surface area contributed by atoms with E-state index in [1.54, 1.807) is 27.7 Å². The van der Waals surface area contributed by atoms with Gasteiger partial charge in [-0.3, -0.25) is 24.0 Å². The number of hydrogen-bond donors (Lipinski definition) is 6. The predicted molar refractivity (Wildman–Crippen MR) is 235 cm³/mol. The number of hydrogen-bond acceptors (Lipinski definition) is 8. The highest BCUT2D eigenvalue weighted by molar-refractivity contribution is 5.91. The van der Waals surface area contributed by atoms with Crippen LogP contribution in [0.1, 0.15) is 90.8 Å². The van der Waals surface area contributed by atoms with Crippen molar-refractivity contribution in [1.82, 2.24) is 26.6 Å². The van der Waals surface area contributed by atoms with Gasteiger partial charge in [0, 0.05) is 13.0 Å². The minimum Gasteiger partial charge on any atom is -0.459 e. The molecule has 7 atom stereocenters. The van der Waals surface area contributed by atoms with Crippen molar-refractivity contribution in [2.24, 2.45) is 23.7 Å². The molecule has 0 aliphatic rings. The number of aliphatic hydroxyl groups is 1. The van der Waals surface area contributed by atoms with Crippen molar-refractivity contribution in [3.63, 3.8) is 0 Å². The predicted octanol–water partition coefficient (Wildman–Crippen LogP) is 4.80. The van der Waals surface area contributed by atoms with Crippen LogP contribution >= 0.6 is 0 Å². The number of esters is 1. The lowest BCUT2D eigenvalue weighted by molar-refractivity contribution is -0.151. The van der Waals surface area contributed by atoms with E-state index in [1.165, 1.54) is 0 Å². The van der Waals surface area contributed by atoms with Gasteiger partial charge in [-0.25, -0.2) is 4.79 Å². The van der Waals surface area contributed by atoms with Gasteiger partial charge in [-0.2, -0.15) is 0 Å². The molecular weight excluding hydrogens is 775 g/mol. The quantitative estimate of drug-likeness (QED) is 0.0656. The van der Waals surface area contributed by atoms with Crippen LogP contribution in [0.3, 0.4) is 0 Å². The molecule has 0 spiro atoms. The second-order valence-electron chi connectivity index (χ2n) is 16.7. The first-order valence-electron chi connectivity index (χ1n) is 21.5. The molecule has 0 aliphatic carbocycles. The van der Waals surface area contributed by atoms with E-state index in [-0.39, 0.29) is 61.4 Å². The molecule has 0 fully saturated rings. The van der Waals surface area contributed by atoms with E-state index < -0.39 is 60.4 Å². The fraction of sp³-hybridized carbons (Fsp3) is 0.500. The highest BCUT2D eigenvalue weighted by Gasteiger charge is 2.34. The second-order valence-corrected chi connectivity index (χ2v) is 16.7. The Morgan fingerprint density at radius 2 is 1.13 bits per heavy atom. The summed E-state index contributed by atoms with van der Waals surface area (Å²) in [6, 6.07) is 24.0. The molecule has 0 heterocycles. The summed E-state index contributed by atoms with van der Waals surface area (Å²) >= 11 is 0. The van der Waals surface area contributed by atoms with Crippen LogP contribution in [0, 0.1) is 23.7 Å². The summed E-state index contributed by atoms with van der Waals surface area (Å²) in [5, 5.41) is 25.8. The van der Waals surface area contributed by atoms with E-state index in [9.17, 15) is 33.9 Å². The third-order valence-electron chi connectivity index (χ3n) is 10.7. The molecule has 6 N–H and O–H groups in total. The molecule has 3 rings (SSSR count). The summed E-state index contributed by atoms with van der Waals surface area (Å²) in [5.41, 5.74) is 2.52. The number of carbonyl (C=O) groups excluding carboxylic acids is 6. The van der Waals surface area contributed by atoms with Gasteiger partial charge in [0.05, 0.1) is 25.0 Å². The third kappa shape index (κ3) is 17.9. The standard InChI is InChI=1S/C48H67N5O8/c1-8-34(7)45(47(59)53-44(32(4)5)48(60)61-30-37-22-16-11-17-23-37)52-42(57)28-39(54)38(26-35-18-12-9-13-19-35)50-46(58)43(31(2)3)51-40(55)25-24-33(6)29-49-41(56)27-36-20-14-10-15-21-36/h9-23,31-34,38-39,43-45,54H,8,24-30H2,1-7H3,(H,49,56)(H,50,58)(H,51,55)(H,52,57)(H,53,59)/t33-,34-,38-,39-,43-,44-,45-/m0/s1. The summed E-state index contributed by atoms with van der Waals surface area (Å²) in [4.78, 5) is 79.8. The van der Waals surface area contributed by atoms with E-state index in [2.05, 4.69) is 26.6 Å². The van der Waals surface area contributed by atoms with Crippen molar-refractivity contribution in [2.45, 2.75) is 124 Å². The van der Waals surface area contributed by atoms with Gasteiger partial charge in [0.15, 0.2) is 0 Å². The first kappa shape index (κ1) is 49.8. The van der Waals surface area contributed by atoms with E-state index in [1.807, 2.05) is 112 Å². The molecule has 0 saturated carbocycles. The summed E-state index contributed by atoms with van der Waals surface area (Å²) < 4.78 is 5.52. The van der Waals surface area contributed by atoms with Gasteiger partial charge in [-0.05, 0) is 53.2 Å². The SMILES string of the molecule is CC[C@H](C)[C@H](NC(=O)C[C@H](O)[C@H](Cc1ccccc1)NC(=O)[C@@H](NC(=O)CC[C@H](C)CNC(=O)Cc1ccccc1)C(C)C)C(=O)N[C@H](C(=O)OCc1ccccc1)C(C)C. The zero-order valence-corrected chi connectivity index (χ0v) is 36.8. The molecule has 3 aromatic rings. The van der Waals surface area contributed by atoms with Crippen molar-refractivity contribution in [1.29, 1.82) is 0 Å². The summed E-state index contributed by atoms with van der Waals surface area (Å²) in [6.45, 7) is 13.3. The Labute approximate surface area is 361 Å². The first-order chi connectivity index (χ1) is 29.1. The minimum absolute atomic E-state index is 0.0115. The van der Waals surface area contributed by atoms with E-state index in [0.717, 1.165) is 16.7 Å². The number of rotatable bonds is 25. The average Bonchev–Trinajstić information content (AvgIpc) is 3.24. The van der Waals surface area contributed by atoms with Crippen molar-refractivity contribution >= 4 is 35.5 Å². The fourth-order valence-corrected chi connectivity index (χ4v) is 6.64. The highest BCUT2D eigenvalue weighted by atomic mass is 16.5. The zero-order valence-electron chi connectivity index (χ0n) is 36.8. The van der Waals surface area contributed by atoms with Crippen LogP contribution < -0.4 is 26.6 Å². The summed E-state index contributed by atoms with van der Waals surface area (Å²) in [5.74, 6) is -3.64. The van der Waals surface area contributed by atoms with Crippen molar-refractivity contribution in [2.75, 3.05) is 6.54 Å². The van der Waals surface area contributed by atoms with Gasteiger partial charge in [0.2, 0.25) is 29.5 Å². The maximum absolute atomic E-state index is 13.8. The Morgan fingerprint density at radius 1 is 0.607 bits per heavy atom. The number of nitrogens with one attached hydrogen (secondary N) is 5. The van der Waals surface area contributed by atoms with Crippen molar-refractivity contribution in [3.05, 3.63) is 108 Å². The maximum Gasteiger partial charge on any atom is 0.329 e. The molecule has 0 radical (unpaired) electrons. The molecule has 13 heteroatoms. The lowest BCUT2D eigenvalue weighted by Gasteiger charge is -2.30. The fourth-order valence-electron chi connectivity index (χ4n) is 6.64. The van der Waals surface area contributed by atoms with Gasteiger partial charge < -0.3 is 36.4 Å². The number of carbonyl (C=O) groups is 6. The second kappa shape index (κ2) is 25.9. The molecule has 61 heavy (non-hydrogen) atoms. The van der Waals surface area contributed by atoms with E-state index in [4.69, 9.17) is 4.74 Å². The van der Waals surface area contributed by atoms with Crippen molar-refractivity contribution in [3.8, 4) is 0 Å². The Hall–Kier alpha value is -5.56. The minimum atomic E-state index is -1.37. The summed E-state index contributed by atoms with van der Waals surface area (Å²) in [7, 11) is 0. The van der Waals surface area contributed by atoms with Crippen molar-refractivity contribution < 1.29 is 38.6 Å². The Bertz CT molecular complexity index is 1830. The van der Waals surface area contributed by atoms with Gasteiger partial charge in [-0.15, -0.1) is 0 Å². The van der Waals surface area contributed by atoms with Crippen LogP contribution in [0.4, 0.5) is 0 Å². The maximum atomic E-state index is 13.8. The molecule has 0 bridgehead atoms. The normalized spacial score (nSPS) is 14.7. The lowest BCUT2D eigenvalue weighted by atomic mass is 9.95. The third-order valence-corrected chi connectivity index (χ3v) is 10.7. The monoisotopic (exact) mass is 841 g/mol. The molecule has 0 aliphatic heterocycles. The van der Waals surface area contributed by atoms with Gasteiger partial charge >= 0.3 is 5.97 Å². The topological polar surface area (TPSA) is 192 Å². The molecule has 0 saturated heterocycles. The molecule has 332 valence electrons. The Kier molecular flexibility index (Phi) is 21.2. The zero-order chi connectivity index (χ0) is 44.9. The Balaban J connectivity index is 1.63.